The van der Waals surface area contributed by atoms with Crippen LogP contribution in [0, 0.1) is 0 Å². The number of hydrogen-bond donors (Lipinski definition) is 0. The van der Waals surface area contributed by atoms with Crippen molar-refractivity contribution in [1.82, 2.24) is 0 Å². The summed E-state index contributed by atoms with van der Waals surface area (Å²) in [6.07, 6.45) is 19.2. The summed E-state index contributed by atoms with van der Waals surface area (Å²) in [4.78, 5) is 11.3. The molecule has 2 aliphatic rings. The van der Waals surface area contributed by atoms with Crippen molar-refractivity contribution in [2.24, 2.45) is 0 Å². The van der Waals surface area contributed by atoms with Gasteiger partial charge in [0.2, 0.25) is 0 Å². The minimum atomic E-state index is 0.501. The van der Waals surface area contributed by atoms with Crippen LogP contribution in [0.15, 0.2) is 25.0 Å². The molecule has 0 unspecified atom stereocenters. The van der Waals surface area contributed by atoms with Crippen LogP contribution in [0.25, 0.3) is 0 Å². The quantitative estimate of drug-likeness (QED) is 0.629. The SMILES string of the molecule is C1=COC=CO1.O=C1CCCCCCCCCCC1. The van der Waals surface area contributed by atoms with Gasteiger partial charge >= 0.3 is 0 Å². The summed E-state index contributed by atoms with van der Waals surface area (Å²) in [5.74, 6) is 0.501. The summed E-state index contributed by atoms with van der Waals surface area (Å²) in [6.45, 7) is 0. The van der Waals surface area contributed by atoms with E-state index in [4.69, 9.17) is 0 Å². The van der Waals surface area contributed by atoms with E-state index < -0.39 is 0 Å². The molecule has 3 nitrogen and oxygen atoms in total. The summed E-state index contributed by atoms with van der Waals surface area (Å²) < 4.78 is 9.17. The normalized spacial score (nSPS) is 20.9. The van der Waals surface area contributed by atoms with Crippen molar-refractivity contribution in [2.45, 2.75) is 70.6 Å². The third-order valence-electron chi connectivity index (χ3n) is 3.34. The van der Waals surface area contributed by atoms with Crippen LogP contribution in [-0.4, -0.2) is 5.78 Å². The van der Waals surface area contributed by atoms with Gasteiger partial charge in [-0.05, 0) is 12.8 Å². The van der Waals surface area contributed by atoms with Gasteiger partial charge < -0.3 is 9.47 Å². The lowest BCUT2D eigenvalue weighted by atomic mass is 10.0. The van der Waals surface area contributed by atoms with Crippen molar-refractivity contribution < 1.29 is 14.3 Å². The van der Waals surface area contributed by atoms with Crippen LogP contribution in [0.1, 0.15) is 70.6 Å². The molecule has 0 spiro atoms. The second-order valence-corrected chi connectivity index (χ2v) is 5.04. The fourth-order valence-electron chi connectivity index (χ4n) is 2.23. The van der Waals surface area contributed by atoms with Gasteiger partial charge in [0.25, 0.3) is 0 Å². The third kappa shape index (κ3) is 10.4. The molecule has 1 aliphatic heterocycles. The number of hydrogen-bond acceptors (Lipinski definition) is 3. The molecule has 1 saturated carbocycles. The highest BCUT2D eigenvalue weighted by Gasteiger charge is 2.02. The predicted octanol–water partition coefficient (Wildman–Crippen LogP) is 4.84. The van der Waals surface area contributed by atoms with Gasteiger partial charge in [-0.3, -0.25) is 4.79 Å². The van der Waals surface area contributed by atoms with Crippen molar-refractivity contribution in [3.63, 3.8) is 0 Å². The van der Waals surface area contributed by atoms with E-state index in [1.807, 2.05) is 0 Å². The van der Waals surface area contributed by atoms with E-state index in [9.17, 15) is 4.79 Å². The standard InChI is InChI=1S/C12H22O.C4H4O2/c13-12-10-8-6-4-2-1-3-5-7-9-11-12;1-2-6-4-3-5-1/h1-11H2;1-4H. The van der Waals surface area contributed by atoms with Crippen molar-refractivity contribution in [3.8, 4) is 0 Å². The van der Waals surface area contributed by atoms with E-state index in [-0.39, 0.29) is 0 Å². The lowest BCUT2D eigenvalue weighted by Gasteiger charge is -2.05. The Balaban J connectivity index is 0.000000250. The Kier molecular flexibility index (Phi) is 9.83. The van der Waals surface area contributed by atoms with Crippen LogP contribution in [0.4, 0.5) is 0 Å². The first-order chi connectivity index (χ1) is 9.39. The zero-order chi connectivity index (χ0) is 13.6. The molecule has 0 radical (unpaired) electrons. The van der Waals surface area contributed by atoms with Gasteiger partial charge in [-0.1, -0.05) is 44.9 Å². The second-order valence-electron chi connectivity index (χ2n) is 5.04. The van der Waals surface area contributed by atoms with Crippen molar-refractivity contribution >= 4 is 5.78 Å². The first-order valence-corrected chi connectivity index (χ1v) is 7.52. The summed E-state index contributed by atoms with van der Waals surface area (Å²) in [5.41, 5.74) is 0. The second kappa shape index (κ2) is 11.8. The minimum Gasteiger partial charge on any atom is -0.466 e. The van der Waals surface area contributed by atoms with Gasteiger partial charge in [0.15, 0.2) is 0 Å². The highest BCUT2D eigenvalue weighted by atomic mass is 16.5. The number of rotatable bonds is 0. The molecule has 1 aliphatic carbocycles. The highest BCUT2D eigenvalue weighted by molar-refractivity contribution is 5.78. The monoisotopic (exact) mass is 266 g/mol. The fraction of sp³-hybridized carbons (Fsp3) is 0.688. The Bertz CT molecular complexity index is 248. The van der Waals surface area contributed by atoms with Crippen LogP contribution in [0.2, 0.25) is 0 Å². The molecule has 2 rings (SSSR count). The van der Waals surface area contributed by atoms with Crippen LogP contribution >= 0.6 is 0 Å². The molecular formula is C16H26O3. The van der Waals surface area contributed by atoms with Gasteiger partial charge in [-0.25, -0.2) is 0 Å². The predicted molar refractivity (Wildman–Crippen MR) is 76.2 cm³/mol. The molecule has 0 amide bonds. The average molecular weight is 266 g/mol. The van der Waals surface area contributed by atoms with Crippen LogP contribution in [0.3, 0.4) is 0 Å². The Labute approximate surface area is 116 Å². The fourth-order valence-corrected chi connectivity index (χ4v) is 2.23. The topological polar surface area (TPSA) is 35.5 Å². The Morgan fingerprint density at radius 1 is 0.579 bits per heavy atom. The zero-order valence-corrected chi connectivity index (χ0v) is 11.8. The summed E-state index contributed by atoms with van der Waals surface area (Å²) in [5, 5.41) is 0. The summed E-state index contributed by atoms with van der Waals surface area (Å²) in [7, 11) is 0. The highest BCUT2D eigenvalue weighted by Crippen LogP contribution is 2.14. The molecular weight excluding hydrogens is 240 g/mol. The lowest BCUT2D eigenvalue weighted by molar-refractivity contribution is -0.119. The van der Waals surface area contributed by atoms with Crippen LogP contribution < -0.4 is 0 Å². The molecule has 1 heterocycles. The summed E-state index contributed by atoms with van der Waals surface area (Å²) >= 11 is 0. The number of ether oxygens (including phenoxy) is 2. The van der Waals surface area contributed by atoms with Crippen molar-refractivity contribution in [1.29, 1.82) is 0 Å². The first-order valence-electron chi connectivity index (χ1n) is 7.52. The average Bonchev–Trinajstić information content (AvgIpc) is 2.45. The number of carbonyl (C=O) groups is 1. The van der Waals surface area contributed by atoms with Gasteiger partial charge in [0, 0.05) is 12.8 Å². The maximum absolute atomic E-state index is 11.3. The minimum absolute atomic E-state index is 0.501. The van der Waals surface area contributed by atoms with Gasteiger partial charge in [0.05, 0.1) is 0 Å². The van der Waals surface area contributed by atoms with Gasteiger partial charge in [-0.2, -0.15) is 0 Å². The molecule has 0 bridgehead atoms. The van der Waals surface area contributed by atoms with E-state index in [0.717, 1.165) is 25.7 Å². The Hall–Kier alpha value is -1.25. The molecule has 0 saturated heterocycles. The Morgan fingerprint density at radius 3 is 1.21 bits per heavy atom. The van der Waals surface area contributed by atoms with E-state index in [2.05, 4.69) is 9.47 Å². The van der Waals surface area contributed by atoms with E-state index >= 15 is 0 Å². The van der Waals surface area contributed by atoms with Crippen molar-refractivity contribution in [2.75, 3.05) is 0 Å². The molecule has 0 aromatic rings. The maximum atomic E-state index is 11.3. The van der Waals surface area contributed by atoms with E-state index in [1.165, 1.54) is 70.0 Å². The lowest BCUT2D eigenvalue weighted by Crippen LogP contribution is -1.98. The molecule has 108 valence electrons. The summed E-state index contributed by atoms with van der Waals surface area (Å²) in [6, 6.07) is 0. The molecule has 3 heteroatoms. The van der Waals surface area contributed by atoms with Crippen LogP contribution in [-0.2, 0) is 14.3 Å². The smallest absolute Gasteiger partial charge is 0.132 e. The Morgan fingerprint density at radius 2 is 0.895 bits per heavy atom. The zero-order valence-electron chi connectivity index (χ0n) is 11.8. The van der Waals surface area contributed by atoms with E-state index in [0.29, 0.717) is 5.78 Å². The van der Waals surface area contributed by atoms with Crippen molar-refractivity contribution in [3.05, 3.63) is 25.0 Å². The molecule has 1 fully saturated rings. The van der Waals surface area contributed by atoms with E-state index in [1.54, 1.807) is 0 Å². The number of carbonyl (C=O) groups excluding carboxylic acids is 1. The van der Waals surface area contributed by atoms with Gasteiger partial charge in [-0.15, -0.1) is 0 Å². The molecule has 19 heavy (non-hydrogen) atoms. The maximum Gasteiger partial charge on any atom is 0.132 e. The van der Waals surface area contributed by atoms with Gasteiger partial charge in [0.1, 0.15) is 30.8 Å². The number of Topliss-reactive ketones (excluding diaryl/α,β-unsaturated/α-hetero) is 1. The first kappa shape index (κ1) is 15.8. The molecule has 0 N–H and O–H groups in total. The largest absolute Gasteiger partial charge is 0.466 e. The molecule has 0 atom stereocenters. The van der Waals surface area contributed by atoms with Crippen LogP contribution in [0.5, 0.6) is 0 Å². The molecule has 0 aromatic heterocycles. The number of ketones is 1. The molecule has 0 aromatic carbocycles. The third-order valence-corrected chi connectivity index (χ3v) is 3.34.